The minimum Gasteiger partial charge on any atom is -0.294 e. The van der Waals surface area contributed by atoms with Crippen molar-refractivity contribution in [1.82, 2.24) is 0 Å². The molecule has 1 unspecified atom stereocenters. The maximum Gasteiger partial charge on any atom is 0.163 e. The topological polar surface area (TPSA) is 17.1 Å². The van der Waals surface area contributed by atoms with Crippen LogP contribution in [0.25, 0.3) is 0 Å². The number of benzene rings is 1. The Kier molecular flexibility index (Phi) is 4.18. The molecule has 3 heteroatoms. The molecule has 1 aromatic rings. The summed E-state index contributed by atoms with van der Waals surface area (Å²) in [7, 11) is 0. The molecule has 1 aliphatic rings. The van der Waals surface area contributed by atoms with E-state index in [4.69, 9.17) is 11.6 Å². The number of hydrogen-bond donors (Lipinski definition) is 0. The van der Waals surface area contributed by atoms with Crippen LogP contribution in [0.1, 0.15) is 31.7 Å². The molecule has 0 N–H and O–H groups in total. The fourth-order valence-corrected chi connectivity index (χ4v) is 2.33. The lowest BCUT2D eigenvalue weighted by Gasteiger charge is -2.17. The summed E-state index contributed by atoms with van der Waals surface area (Å²) in [6, 6.07) is 4.45. The number of hydrogen-bond acceptors (Lipinski definition) is 1. The van der Waals surface area contributed by atoms with E-state index in [0.717, 1.165) is 24.8 Å². The lowest BCUT2D eigenvalue weighted by atomic mass is 9.88. The Bertz CT molecular complexity index is 493. The van der Waals surface area contributed by atoms with Crippen molar-refractivity contribution in [1.29, 1.82) is 0 Å². The summed E-state index contributed by atoms with van der Waals surface area (Å²) in [5.74, 6) is 0.276. The van der Waals surface area contributed by atoms with Crippen LogP contribution in [0.15, 0.2) is 29.8 Å². The molecule has 0 bridgehead atoms. The number of carbonyl (C=O) groups is 1. The first-order valence-corrected chi connectivity index (χ1v) is 6.60. The van der Waals surface area contributed by atoms with Crippen molar-refractivity contribution in [3.8, 4) is 0 Å². The zero-order valence-corrected chi connectivity index (χ0v) is 11.1. The first-order chi connectivity index (χ1) is 8.56. The molecule has 0 spiro atoms. The quantitative estimate of drug-likeness (QED) is 0.795. The third-order valence-corrected chi connectivity index (χ3v) is 3.63. The fourth-order valence-electron chi connectivity index (χ4n) is 2.17. The van der Waals surface area contributed by atoms with E-state index in [1.807, 2.05) is 6.08 Å². The van der Waals surface area contributed by atoms with Gasteiger partial charge in [0.25, 0.3) is 0 Å². The Morgan fingerprint density at radius 2 is 2.28 bits per heavy atom. The Morgan fingerprint density at radius 3 is 2.89 bits per heavy atom. The van der Waals surface area contributed by atoms with E-state index in [-0.39, 0.29) is 12.2 Å². The molecule has 0 fully saturated rings. The molecule has 0 radical (unpaired) electrons. The minimum atomic E-state index is -0.402. The molecule has 0 saturated heterocycles. The van der Waals surface area contributed by atoms with Crippen LogP contribution in [-0.2, 0) is 11.2 Å². The molecule has 1 atom stereocenters. The number of Topliss-reactive ketones (excluding diaryl/α,β-unsaturated/α-hetero) is 1. The van der Waals surface area contributed by atoms with Crippen LogP contribution in [0.2, 0.25) is 5.02 Å². The van der Waals surface area contributed by atoms with Crippen molar-refractivity contribution in [3.63, 3.8) is 0 Å². The van der Waals surface area contributed by atoms with Crippen molar-refractivity contribution in [3.05, 3.63) is 46.3 Å². The van der Waals surface area contributed by atoms with Crippen molar-refractivity contribution in [2.45, 2.75) is 32.6 Å². The van der Waals surface area contributed by atoms with Gasteiger partial charge >= 0.3 is 0 Å². The Labute approximate surface area is 112 Å². The predicted molar refractivity (Wildman–Crippen MR) is 71.2 cm³/mol. The average molecular weight is 267 g/mol. The molecule has 0 aliphatic heterocycles. The van der Waals surface area contributed by atoms with Gasteiger partial charge in [-0.3, -0.25) is 4.79 Å². The highest BCUT2D eigenvalue weighted by molar-refractivity contribution is 6.30. The molecule has 18 heavy (non-hydrogen) atoms. The summed E-state index contributed by atoms with van der Waals surface area (Å²) in [6.45, 7) is 2.18. The SMILES string of the molecule is CC1CC=C(C(=O)Cc2ccc(Cl)cc2F)CC1. The molecular weight excluding hydrogens is 251 g/mol. The van der Waals surface area contributed by atoms with Crippen molar-refractivity contribution < 1.29 is 9.18 Å². The highest BCUT2D eigenvalue weighted by atomic mass is 35.5. The van der Waals surface area contributed by atoms with Gasteiger partial charge in [0, 0.05) is 11.4 Å². The van der Waals surface area contributed by atoms with E-state index in [0.29, 0.717) is 16.5 Å². The molecule has 1 aliphatic carbocycles. The van der Waals surface area contributed by atoms with E-state index in [1.54, 1.807) is 12.1 Å². The van der Waals surface area contributed by atoms with Gasteiger partial charge in [-0.2, -0.15) is 0 Å². The second-order valence-corrected chi connectivity index (χ2v) is 5.38. The summed E-state index contributed by atoms with van der Waals surface area (Å²) in [5.41, 5.74) is 1.27. The van der Waals surface area contributed by atoms with E-state index < -0.39 is 5.82 Å². The largest absolute Gasteiger partial charge is 0.294 e. The van der Waals surface area contributed by atoms with Gasteiger partial charge in [-0.25, -0.2) is 4.39 Å². The maximum atomic E-state index is 13.6. The molecule has 1 nitrogen and oxygen atoms in total. The average Bonchev–Trinajstić information content (AvgIpc) is 2.33. The Hall–Kier alpha value is -1.15. The second kappa shape index (κ2) is 5.66. The highest BCUT2D eigenvalue weighted by Gasteiger charge is 2.17. The molecule has 96 valence electrons. The Morgan fingerprint density at radius 1 is 1.50 bits per heavy atom. The molecule has 0 aromatic heterocycles. The van der Waals surface area contributed by atoms with Gasteiger partial charge in [0.05, 0.1) is 0 Å². The summed E-state index contributed by atoms with van der Waals surface area (Å²) < 4.78 is 13.6. The minimum absolute atomic E-state index is 0.0307. The van der Waals surface area contributed by atoms with Gasteiger partial charge in [-0.1, -0.05) is 30.7 Å². The van der Waals surface area contributed by atoms with Crippen LogP contribution >= 0.6 is 11.6 Å². The lowest BCUT2D eigenvalue weighted by molar-refractivity contribution is -0.115. The third-order valence-electron chi connectivity index (χ3n) is 3.40. The number of carbonyl (C=O) groups excluding carboxylic acids is 1. The lowest BCUT2D eigenvalue weighted by Crippen LogP contribution is -2.12. The van der Waals surface area contributed by atoms with Crippen molar-refractivity contribution in [2.75, 3.05) is 0 Å². The standard InChI is InChI=1S/C15H16ClFO/c1-10-2-4-11(5-3-10)15(18)8-12-6-7-13(16)9-14(12)17/h4,6-7,9-10H,2-3,5,8H2,1H3. The van der Waals surface area contributed by atoms with Gasteiger partial charge in [0.15, 0.2) is 5.78 Å². The zero-order valence-electron chi connectivity index (χ0n) is 10.4. The first kappa shape index (κ1) is 13.3. The zero-order chi connectivity index (χ0) is 13.1. The van der Waals surface area contributed by atoms with Gasteiger partial charge in [0.2, 0.25) is 0 Å². The molecule has 1 aromatic carbocycles. The van der Waals surface area contributed by atoms with Gasteiger partial charge in [-0.15, -0.1) is 0 Å². The number of ketones is 1. The highest BCUT2D eigenvalue weighted by Crippen LogP contribution is 2.25. The maximum absolute atomic E-state index is 13.6. The normalized spacial score (nSPS) is 19.5. The van der Waals surface area contributed by atoms with E-state index in [9.17, 15) is 9.18 Å². The van der Waals surface area contributed by atoms with Gasteiger partial charge in [-0.05, 0) is 48.4 Å². The smallest absolute Gasteiger partial charge is 0.163 e. The van der Waals surface area contributed by atoms with Crippen LogP contribution in [0.4, 0.5) is 4.39 Å². The van der Waals surface area contributed by atoms with Crippen LogP contribution in [0.3, 0.4) is 0 Å². The molecule has 0 heterocycles. The third kappa shape index (κ3) is 3.20. The Balaban J connectivity index is 2.07. The first-order valence-electron chi connectivity index (χ1n) is 6.22. The summed E-state index contributed by atoms with van der Waals surface area (Å²) >= 11 is 5.68. The summed E-state index contributed by atoms with van der Waals surface area (Å²) in [4.78, 5) is 12.0. The molecule has 0 saturated carbocycles. The molecular formula is C15H16ClFO. The monoisotopic (exact) mass is 266 g/mol. The summed E-state index contributed by atoms with van der Waals surface area (Å²) in [6.07, 6.45) is 4.94. The van der Waals surface area contributed by atoms with E-state index >= 15 is 0 Å². The molecule has 2 rings (SSSR count). The van der Waals surface area contributed by atoms with Crippen LogP contribution in [0, 0.1) is 11.7 Å². The fraction of sp³-hybridized carbons (Fsp3) is 0.400. The summed E-state index contributed by atoms with van der Waals surface area (Å²) in [5, 5.41) is 0.356. The van der Waals surface area contributed by atoms with E-state index in [1.165, 1.54) is 6.07 Å². The van der Waals surface area contributed by atoms with Crippen LogP contribution in [0.5, 0.6) is 0 Å². The number of rotatable bonds is 3. The number of halogens is 2. The van der Waals surface area contributed by atoms with Gasteiger partial charge in [0.1, 0.15) is 5.82 Å². The second-order valence-electron chi connectivity index (χ2n) is 4.94. The number of allylic oxidation sites excluding steroid dienone is 2. The van der Waals surface area contributed by atoms with E-state index in [2.05, 4.69) is 6.92 Å². The van der Waals surface area contributed by atoms with Crippen LogP contribution in [-0.4, -0.2) is 5.78 Å². The van der Waals surface area contributed by atoms with Gasteiger partial charge < -0.3 is 0 Å². The van der Waals surface area contributed by atoms with Crippen LogP contribution < -0.4 is 0 Å². The molecule has 0 amide bonds. The van der Waals surface area contributed by atoms with Crippen molar-refractivity contribution >= 4 is 17.4 Å². The van der Waals surface area contributed by atoms with Crippen molar-refractivity contribution in [2.24, 2.45) is 5.92 Å². The predicted octanol–water partition coefficient (Wildman–Crippen LogP) is 4.34.